The summed E-state index contributed by atoms with van der Waals surface area (Å²) in [5, 5.41) is 20.8. The largest absolute Gasteiger partial charge is 0.396 e. The SMILES string of the molecule is CCc1ccc(C(C#N)NCCCO)s1. The molecular weight excluding hydrogens is 208 g/mol. The predicted octanol–water partition coefficient (Wildman–Crippen LogP) is 1.85. The van der Waals surface area contributed by atoms with Crippen LogP contribution in [0.15, 0.2) is 12.1 Å². The number of nitrogens with one attached hydrogen (secondary N) is 1. The zero-order valence-electron chi connectivity index (χ0n) is 8.86. The van der Waals surface area contributed by atoms with Gasteiger partial charge in [0, 0.05) is 16.4 Å². The fourth-order valence-electron chi connectivity index (χ4n) is 1.27. The first-order valence-corrected chi connectivity index (χ1v) is 5.96. The molecule has 3 nitrogen and oxygen atoms in total. The molecule has 0 aliphatic rings. The molecule has 2 N–H and O–H groups in total. The van der Waals surface area contributed by atoms with E-state index in [1.54, 1.807) is 11.3 Å². The Labute approximate surface area is 94.4 Å². The Hall–Kier alpha value is -0.890. The van der Waals surface area contributed by atoms with Crippen LogP contribution in [0.5, 0.6) is 0 Å². The Morgan fingerprint density at radius 1 is 1.60 bits per heavy atom. The highest BCUT2D eigenvalue weighted by Crippen LogP contribution is 2.23. The molecule has 0 saturated carbocycles. The highest BCUT2D eigenvalue weighted by atomic mass is 32.1. The number of nitrogens with zero attached hydrogens (tertiary/aromatic N) is 1. The number of aliphatic hydroxyl groups excluding tert-OH is 1. The lowest BCUT2D eigenvalue weighted by Crippen LogP contribution is -2.20. The third-order valence-corrected chi connectivity index (χ3v) is 3.42. The van der Waals surface area contributed by atoms with Crippen molar-refractivity contribution in [3.8, 4) is 6.07 Å². The van der Waals surface area contributed by atoms with Gasteiger partial charge in [-0.25, -0.2) is 0 Å². The Bertz CT molecular complexity index is 330. The normalized spacial score (nSPS) is 12.3. The van der Waals surface area contributed by atoms with Gasteiger partial charge in [0.05, 0.1) is 6.07 Å². The third-order valence-electron chi connectivity index (χ3n) is 2.13. The summed E-state index contributed by atoms with van der Waals surface area (Å²) in [5.74, 6) is 0. The van der Waals surface area contributed by atoms with Crippen LogP contribution in [0, 0.1) is 11.3 Å². The highest BCUT2D eigenvalue weighted by Gasteiger charge is 2.11. The van der Waals surface area contributed by atoms with E-state index in [2.05, 4.69) is 24.4 Å². The van der Waals surface area contributed by atoms with Crippen LogP contribution in [0.2, 0.25) is 0 Å². The first kappa shape index (κ1) is 12.2. The minimum Gasteiger partial charge on any atom is -0.396 e. The van der Waals surface area contributed by atoms with Crippen molar-refractivity contribution in [3.63, 3.8) is 0 Å². The maximum atomic E-state index is 8.99. The summed E-state index contributed by atoms with van der Waals surface area (Å²) in [7, 11) is 0. The molecular formula is C11H16N2OS. The second-order valence-corrected chi connectivity index (χ2v) is 4.45. The molecule has 0 aromatic carbocycles. The van der Waals surface area contributed by atoms with Crippen molar-refractivity contribution in [3.05, 3.63) is 21.9 Å². The smallest absolute Gasteiger partial charge is 0.130 e. The van der Waals surface area contributed by atoms with E-state index in [9.17, 15) is 0 Å². The number of nitriles is 1. The standard InChI is InChI=1S/C11H16N2OS/c1-2-9-4-5-11(15-9)10(8-12)13-6-3-7-14/h4-5,10,13-14H,2-3,6-7H2,1H3. The topological polar surface area (TPSA) is 56.0 Å². The van der Waals surface area contributed by atoms with Crippen molar-refractivity contribution < 1.29 is 5.11 Å². The van der Waals surface area contributed by atoms with E-state index in [4.69, 9.17) is 10.4 Å². The van der Waals surface area contributed by atoms with Crippen LogP contribution >= 0.6 is 11.3 Å². The Kier molecular flexibility index (Phi) is 5.33. The van der Waals surface area contributed by atoms with Crippen molar-refractivity contribution in [1.82, 2.24) is 5.32 Å². The van der Waals surface area contributed by atoms with E-state index in [-0.39, 0.29) is 12.6 Å². The molecule has 0 bridgehead atoms. The van der Waals surface area contributed by atoms with Gasteiger partial charge in [-0.1, -0.05) is 6.92 Å². The van der Waals surface area contributed by atoms with Crippen molar-refractivity contribution in [2.45, 2.75) is 25.8 Å². The summed E-state index contributed by atoms with van der Waals surface area (Å²) in [4.78, 5) is 2.36. The lowest BCUT2D eigenvalue weighted by molar-refractivity contribution is 0.285. The minimum absolute atomic E-state index is 0.162. The molecule has 0 saturated heterocycles. The quantitative estimate of drug-likeness (QED) is 0.725. The van der Waals surface area contributed by atoms with Crippen molar-refractivity contribution >= 4 is 11.3 Å². The summed E-state index contributed by atoms with van der Waals surface area (Å²) in [6.45, 7) is 2.94. The van der Waals surface area contributed by atoms with Gasteiger partial charge in [-0.05, 0) is 31.5 Å². The first-order chi connectivity index (χ1) is 7.31. The number of hydrogen-bond acceptors (Lipinski definition) is 4. The van der Waals surface area contributed by atoms with Crippen LogP contribution in [0.1, 0.15) is 29.1 Å². The molecule has 1 heterocycles. The molecule has 0 radical (unpaired) electrons. The summed E-state index contributed by atoms with van der Waals surface area (Å²) < 4.78 is 0. The van der Waals surface area contributed by atoms with Gasteiger partial charge in [-0.3, -0.25) is 5.32 Å². The predicted molar refractivity (Wildman–Crippen MR) is 61.8 cm³/mol. The number of aliphatic hydroxyl groups is 1. The Morgan fingerprint density at radius 3 is 2.93 bits per heavy atom. The molecule has 1 aromatic heterocycles. The number of aryl methyl sites for hydroxylation is 1. The van der Waals surface area contributed by atoms with Gasteiger partial charge < -0.3 is 5.11 Å². The molecule has 0 aliphatic carbocycles. The fourth-order valence-corrected chi connectivity index (χ4v) is 2.25. The molecule has 15 heavy (non-hydrogen) atoms. The molecule has 1 aromatic rings. The van der Waals surface area contributed by atoms with Gasteiger partial charge >= 0.3 is 0 Å². The number of thiophene rings is 1. The summed E-state index contributed by atoms with van der Waals surface area (Å²) in [5.41, 5.74) is 0. The van der Waals surface area contributed by atoms with Gasteiger partial charge in [-0.15, -0.1) is 11.3 Å². The number of hydrogen-bond donors (Lipinski definition) is 2. The number of rotatable bonds is 6. The van der Waals surface area contributed by atoms with Crippen LogP contribution in [0.3, 0.4) is 0 Å². The molecule has 4 heteroatoms. The molecule has 0 aliphatic heterocycles. The van der Waals surface area contributed by atoms with E-state index in [1.807, 2.05) is 6.07 Å². The highest BCUT2D eigenvalue weighted by molar-refractivity contribution is 7.12. The van der Waals surface area contributed by atoms with Crippen LogP contribution in [-0.2, 0) is 6.42 Å². The van der Waals surface area contributed by atoms with Gasteiger partial charge in [0.2, 0.25) is 0 Å². The Morgan fingerprint density at radius 2 is 2.40 bits per heavy atom. The van der Waals surface area contributed by atoms with Gasteiger partial charge in [-0.2, -0.15) is 5.26 Å². The molecule has 1 rings (SSSR count). The lowest BCUT2D eigenvalue weighted by atomic mass is 10.2. The summed E-state index contributed by atoms with van der Waals surface area (Å²) in [6.07, 6.45) is 1.70. The van der Waals surface area contributed by atoms with E-state index in [1.165, 1.54) is 4.88 Å². The van der Waals surface area contributed by atoms with E-state index >= 15 is 0 Å². The van der Waals surface area contributed by atoms with E-state index in [0.29, 0.717) is 13.0 Å². The van der Waals surface area contributed by atoms with Gasteiger partial charge in [0.1, 0.15) is 6.04 Å². The molecule has 0 amide bonds. The third kappa shape index (κ3) is 3.63. The van der Waals surface area contributed by atoms with Crippen molar-refractivity contribution in [2.24, 2.45) is 0 Å². The molecule has 1 atom stereocenters. The maximum absolute atomic E-state index is 8.99. The van der Waals surface area contributed by atoms with E-state index < -0.39 is 0 Å². The molecule has 1 unspecified atom stereocenters. The monoisotopic (exact) mass is 224 g/mol. The van der Waals surface area contributed by atoms with Crippen LogP contribution < -0.4 is 5.32 Å². The molecule has 82 valence electrons. The average molecular weight is 224 g/mol. The maximum Gasteiger partial charge on any atom is 0.130 e. The lowest BCUT2D eigenvalue weighted by Gasteiger charge is -2.08. The van der Waals surface area contributed by atoms with Crippen LogP contribution in [-0.4, -0.2) is 18.3 Å². The second kappa shape index (κ2) is 6.57. The molecule has 0 spiro atoms. The summed E-state index contributed by atoms with van der Waals surface area (Å²) in [6, 6.07) is 6.07. The zero-order valence-corrected chi connectivity index (χ0v) is 9.68. The average Bonchev–Trinajstić information content (AvgIpc) is 2.73. The molecule has 0 fully saturated rings. The van der Waals surface area contributed by atoms with Gasteiger partial charge in [0.25, 0.3) is 0 Å². The zero-order chi connectivity index (χ0) is 11.1. The second-order valence-electron chi connectivity index (χ2n) is 3.25. The Balaban J connectivity index is 2.54. The fraction of sp³-hybridized carbons (Fsp3) is 0.545. The van der Waals surface area contributed by atoms with E-state index in [0.717, 1.165) is 11.3 Å². The first-order valence-electron chi connectivity index (χ1n) is 5.14. The van der Waals surface area contributed by atoms with Crippen molar-refractivity contribution in [2.75, 3.05) is 13.2 Å². The van der Waals surface area contributed by atoms with Gasteiger partial charge in [0.15, 0.2) is 0 Å². The minimum atomic E-state index is -0.234. The van der Waals surface area contributed by atoms with Crippen LogP contribution in [0.25, 0.3) is 0 Å². The van der Waals surface area contributed by atoms with Crippen molar-refractivity contribution in [1.29, 1.82) is 5.26 Å². The van der Waals surface area contributed by atoms with Crippen LogP contribution in [0.4, 0.5) is 0 Å². The summed E-state index contributed by atoms with van der Waals surface area (Å²) >= 11 is 1.68.